The van der Waals surface area contributed by atoms with E-state index in [2.05, 4.69) is 23.6 Å². The lowest BCUT2D eigenvalue weighted by atomic mass is 10.0. The van der Waals surface area contributed by atoms with Crippen molar-refractivity contribution in [1.29, 1.82) is 5.26 Å². The van der Waals surface area contributed by atoms with E-state index in [4.69, 9.17) is 11.0 Å². The number of rotatable bonds is 3. The van der Waals surface area contributed by atoms with Crippen LogP contribution in [0.5, 0.6) is 0 Å². The minimum Gasteiger partial charge on any atom is -0.396 e. The van der Waals surface area contributed by atoms with Crippen molar-refractivity contribution in [1.82, 2.24) is 5.32 Å². The van der Waals surface area contributed by atoms with Gasteiger partial charge in [0, 0.05) is 13.1 Å². The van der Waals surface area contributed by atoms with Crippen LogP contribution >= 0.6 is 11.3 Å². The number of amides is 1. The topological polar surface area (TPSA) is 90.9 Å². The first-order valence-electron chi connectivity index (χ1n) is 7.37. The van der Waals surface area contributed by atoms with Crippen molar-refractivity contribution in [3.05, 3.63) is 10.4 Å². The van der Waals surface area contributed by atoms with Gasteiger partial charge < -0.3 is 16.4 Å². The molecule has 5 nitrogen and oxygen atoms in total. The van der Waals surface area contributed by atoms with E-state index in [-0.39, 0.29) is 11.6 Å². The smallest absolute Gasteiger partial charge is 0.256 e. The monoisotopic (exact) mass is 306 g/mol. The summed E-state index contributed by atoms with van der Waals surface area (Å²) in [6.45, 7) is 2.29. The van der Waals surface area contributed by atoms with Gasteiger partial charge in [-0.3, -0.25) is 4.79 Å². The number of nitrogens with two attached hydrogens (primary N) is 1. The summed E-state index contributed by atoms with van der Waals surface area (Å²) in [5.41, 5.74) is 6.63. The van der Waals surface area contributed by atoms with Crippen molar-refractivity contribution in [2.45, 2.75) is 45.1 Å². The van der Waals surface area contributed by atoms with Crippen molar-refractivity contribution in [2.75, 3.05) is 18.1 Å². The minimum absolute atomic E-state index is 0.241. The van der Waals surface area contributed by atoms with E-state index in [1.165, 1.54) is 30.6 Å². The maximum absolute atomic E-state index is 12.0. The molecule has 6 heteroatoms. The molecule has 2 unspecified atom stereocenters. The van der Waals surface area contributed by atoms with Gasteiger partial charge in [-0.15, -0.1) is 11.3 Å². The van der Waals surface area contributed by atoms with Gasteiger partial charge in [-0.1, -0.05) is 19.8 Å². The number of nitrogens with one attached hydrogen (secondary N) is 2. The molecule has 0 radical (unpaired) electrons. The number of thiophene rings is 1. The molecule has 0 aliphatic heterocycles. The highest BCUT2D eigenvalue weighted by molar-refractivity contribution is 7.17. The molecular weight excluding hydrogens is 284 g/mol. The summed E-state index contributed by atoms with van der Waals surface area (Å²) in [6, 6.07) is 2.42. The Kier molecular flexibility index (Phi) is 5.07. The van der Waals surface area contributed by atoms with Crippen LogP contribution in [0, 0.1) is 17.2 Å². The Morgan fingerprint density at radius 2 is 2.14 bits per heavy atom. The van der Waals surface area contributed by atoms with Crippen molar-refractivity contribution < 1.29 is 4.79 Å². The van der Waals surface area contributed by atoms with E-state index in [9.17, 15) is 4.79 Å². The molecule has 0 bridgehead atoms. The molecule has 0 aromatic carbocycles. The normalized spacial score (nSPS) is 22.1. The van der Waals surface area contributed by atoms with Gasteiger partial charge in [0.05, 0.1) is 11.3 Å². The summed E-state index contributed by atoms with van der Waals surface area (Å²) in [5.74, 6) is 0.521. The average molecular weight is 306 g/mol. The molecule has 1 aliphatic rings. The Bertz CT molecular complexity index is 561. The van der Waals surface area contributed by atoms with Crippen LogP contribution in [0.1, 0.15) is 54.3 Å². The van der Waals surface area contributed by atoms with Crippen LogP contribution < -0.4 is 16.4 Å². The molecule has 1 amide bonds. The predicted octanol–water partition coefficient (Wildman–Crippen LogP) is 2.94. The molecule has 2 atom stereocenters. The summed E-state index contributed by atoms with van der Waals surface area (Å²) in [5, 5.41) is 15.9. The molecule has 4 N–H and O–H groups in total. The van der Waals surface area contributed by atoms with Crippen LogP contribution in [0.2, 0.25) is 0 Å². The Balaban J connectivity index is 2.23. The maximum Gasteiger partial charge on any atom is 0.256 e. The molecule has 0 saturated heterocycles. The third-order valence-corrected chi connectivity index (χ3v) is 5.13. The van der Waals surface area contributed by atoms with E-state index in [0.717, 1.165) is 23.8 Å². The van der Waals surface area contributed by atoms with Gasteiger partial charge in [-0.05, 0) is 25.2 Å². The molecule has 0 spiro atoms. The van der Waals surface area contributed by atoms with E-state index < -0.39 is 0 Å². The molecule has 21 heavy (non-hydrogen) atoms. The molecule has 1 fully saturated rings. The van der Waals surface area contributed by atoms with Gasteiger partial charge >= 0.3 is 0 Å². The highest BCUT2D eigenvalue weighted by atomic mass is 32.1. The van der Waals surface area contributed by atoms with Crippen LogP contribution in [-0.4, -0.2) is 19.0 Å². The van der Waals surface area contributed by atoms with Gasteiger partial charge in [-0.2, -0.15) is 5.26 Å². The van der Waals surface area contributed by atoms with E-state index in [1.54, 1.807) is 7.05 Å². The first-order chi connectivity index (χ1) is 10.1. The van der Waals surface area contributed by atoms with Gasteiger partial charge in [-0.25, -0.2) is 0 Å². The fourth-order valence-electron chi connectivity index (χ4n) is 2.80. The number of hydrogen-bond acceptors (Lipinski definition) is 5. The second kappa shape index (κ2) is 6.81. The standard InChI is InChI=1S/C15H22N4OS/c1-9-4-3-5-10(7-6-9)19-15-12(14(20)18-2)13(17)11(8-16)21-15/h9-10,19H,3-7,17H2,1-2H3,(H,18,20). The SMILES string of the molecule is CNC(=O)c1c(NC2CCCC(C)CC2)sc(C#N)c1N. The molecule has 1 aliphatic carbocycles. The number of nitrogen functional groups attached to an aromatic ring is 1. The zero-order valence-electron chi connectivity index (χ0n) is 12.5. The summed E-state index contributed by atoms with van der Waals surface area (Å²) in [6.07, 6.45) is 5.83. The zero-order chi connectivity index (χ0) is 15.4. The Hall–Kier alpha value is -1.74. The summed E-state index contributed by atoms with van der Waals surface area (Å²) < 4.78 is 0. The number of nitrogens with zero attached hydrogens (tertiary/aromatic N) is 1. The Morgan fingerprint density at radius 3 is 2.81 bits per heavy atom. The lowest BCUT2D eigenvalue weighted by Gasteiger charge is -2.17. The molecule has 1 aromatic heterocycles. The van der Waals surface area contributed by atoms with Crippen molar-refractivity contribution in [2.24, 2.45) is 5.92 Å². The molecule has 114 valence electrons. The van der Waals surface area contributed by atoms with Crippen LogP contribution in [0.3, 0.4) is 0 Å². The average Bonchev–Trinajstić information content (AvgIpc) is 2.64. The third-order valence-electron chi connectivity index (χ3n) is 4.09. The summed E-state index contributed by atoms with van der Waals surface area (Å²) in [7, 11) is 1.57. The Morgan fingerprint density at radius 1 is 1.38 bits per heavy atom. The summed E-state index contributed by atoms with van der Waals surface area (Å²) in [4.78, 5) is 12.4. The van der Waals surface area contributed by atoms with Crippen molar-refractivity contribution in [3.63, 3.8) is 0 Å². The van der Waals surface area contributed by atoms with Crippen LogP contribution in [0.4, 0.5) is 10.7 Å². The number of hydrogen-bond donors (Lipinski definition) is 3. The van der Waals surface area contributed by atoms with E-state index >= 15 is 0 Å². The van der Waals surface area contributed by atoms with Crippen LogP contribution in [-0.2, 0) is 0 Å². The van der Waals surface area contributed by atoms with Gasteiger partial charge in [0.2, 0.25) is 0 Å². The Labute approximate surface area is 129 Å². The van der Waals surface area contributed by atoms with E-state index in [0.29, 0.717) is 16.5 Å². The summed E-state index contributed by atoms with van der Waals surface area (Å²) >= 11 is 1.27. The van der Waals surface area contributed by atoms with Gasteiger partial charge in [0.15, 0.2) is 0 Å². The van der Waals surface area contributed by atoms with E-state index in [1.807, 2.05) is 0 Å². The maximum atomic E-state index is 12.0. The number of carbonyl (C=O) groups excluding carboxylic acids is 1. The van der Waals surface area contributed by atoms with Crippen molar-refractivity contribution >= 4 is 27.9 Å². The lowest BCUT2D eigenvalue weighted by Crippen LogP contribution is -2.23. The molecule has 1 aromatic rings. The molecule has 1 heterocycles. The fourth-order valence-corrected chi connectivity index (χ4v) is 3.79. The molecular formula is C15H22N4OS. The first kappa shape index (κ1) is 15.6. The number of nitriles is 1. The second-order valence-electron chi connectivity index (χ2n) is 5.69. The fraction of sp³-hybridized carbons (Fsp3) is 0.600. The molecule has 2 rings (SSSR count). The van der Waals surface area contributed by atoms with Gasteiger partial charge in [0.25, 0.3) is 5.91 Å². The first-order valence-corrected chi connectivity index (χ1v) is 8.19. The van der Waals surface area contributed by atoms with Crippen LogP contribution in [0.25, 0.3) is 0 Å². The zero-order valence-corrected chi connectivity index (χ0v) is 13.3. The number of carbonyl (C=O) groups is 1. The second-order valence-corrected chi connectivity index (χ2v) is 6.72. The van der Waals surface area contributed by atoms with Crippen LogP contribution in [0.15, 0.2) is 0 Å². The largest absolute Gasteiger partial charge is 0.396 e. The highest BCUT2D eigenvalue weighted by Gasteiger charge is 2.24. The number of anilines is 2. The quantitative estimate of drug-likeness (QED) is 0.749. The highest BCUT2D eigenvalue weighted by Crippen LogP contribution is 2.37. The van der Waals surface area contributed by atoms with Crippen molar-refractivity contribution in [3.8, 4) is 6.07 Å². The third kappa shape index (κ3) is 3.48. The lowest BCUT2D eigenvalue weighted by molar-refractivity contribution is 0.0965. The minimum atomic E-state index is -0.241. The van der Waals surface area contributed by atoms with Gasteiger partial charge in [0.1, 0.15) is 15.9 Å². The molecule has 1 saturated carbocycles. The predicted molar refractivity (Wildman–Crippen MR) is 86.5 cm³/mol.